The highest BCUT2D eigenvalue weighted by molar-refractivity contribution is 4.87. The lowest BCUT2D eigenvalue weighted by Crippen LogP contribution is -2.02. The van der Waals surface area contributed by atoms with Crippen LogP contribution in [0.15, 0.2) is 12.2 Å². The van der Waals surface area contributed by atoms with Crippen molar-refractivity contribution in [2.45, 2.75) is 73.1 Å². The van der Waals surface area contributed by atoms with Crippen molar-refractivity contribution >= 4 is 0 Å². The van der Waals surface area contributed by atoms with Gasteiger partial charge in [0, 0.05) is 0 Å². The van der Waals surface area contributed by atoms with Crippen molar-refractivity contribution in [3.05, 3.63) is 12.2 Å². The second-order valence-corrected chi connectivity index (χ2v) is 5.71. The number of allylic oxidation sites excluding steroid dienone is 2. The normalized spacial score (nSPS) is 15.9. The highest BCUT2D eigenvalue weighted by Gasteiger charge is 2.04. The van der Waals surface area contributed by atoms with Gasteiger partial charge in [-0.25, -0.2) is 0 Å². The van der Waals surface area contributed by atoms with Crippen molar-refractivity contribution in [2.75, 3.05) is 0 Å². The molecule has 96 valence electrons. The molecular weight excluding hydrogens is 192 g/mol. The predicted molar refractivity (Wildman–Crippen MR) is 75.7 cm³/mol. The van der Waals surface area contributed by atoms with Crippen LogP contribution in [0.3, 0.4) is 0 Å². The SMILES string of the molecule is CCCCCCC(C)C=CCC(C)C(C)C. The van der Waals surface area contributed by atoms with Crippen molar-refractivity contribution in [3.63, 3.8) is 0 Å². The highest BCUT2D eigenvalue weighted by Crippen LogP contribution is 2.16. The maximum Gasteiger partial charge on any atom is -0.0262 e. The van der Waals surface area contributed by atoms with Gasteiger partial charge in [0.2, 0.25) is 0 Å². The molecule has 0 heterocycles. The van der Waals surface area contributed by atoms with Crippen LogP contribution in [0.1, 0.15) is 73.1 Å². The van der Waals surface area contributed by atoms with Gasteiger partial charge in [0.25, 0.3) is 0 Å². The molecule has 0 saturated carbocycles. The van der Waals surface area contributed by atoms with E-state index < -0.39 is 0 Å². The van der Waals surface area contributed by atoms with Crippen molar-refractivity contribution < 1.29 is 0 Å². The number of rotatable bonds is 9. The average Bonchev–Trinajstić information content (AvgIpc) is 2.24. The Hall–Kier alpha value is -0.260. The first-order valence-electron chi connectivity index (χ1n) is 7.24. The first kappa shape index (κ1) is 15.7. The number of unbranched alkanes of at least 4 members (excludes halogenated alkanes) is 3. The Kier molecular flexibility index (Phi) is 9.77. The van der Waals surface area contributed by atoms with Crippen LogP contribution in [0.5, 0.6) is 0 Å². The summed E-state index contributed by atoms with van der Waals surface area (Å²) in [6.07, 6.45) is 13.0. The summed E-state index contributed by atoms with van der Waals surface area (Å²) in [6.45, 7) is 11.6. The molecule has 0 heteroatoms. The minimum Gasteiger partial charge on any atom is -0.0880 e. The fourth-order valence-corrected chi connectivity index (χ4v) is 1.79. The molecule has 0 N–H and O–H groups in total. The van der Waals surface area contributed by atoms with Crippen molar-refractivity contribution in [3.8, 4) is 0 Å². The zero-order chi connectivity index (χ0) is 12.4. The van der Waals surface area contributed by atoms with E-state index >= 15 is 0 Å². The van der Waals surface area contributed by atoms with E-state index in [-0.39, 0.29) is 0 Å². The molecule has 0 spiro atoms. The zero-order valence-corrected chi connectivity index (χ0v) is 12.1. The van der Waals surface area contributed by atoms with Crippen LogP contribution in [-0.4, -0.2) is 0 Å². The number of hydrogen-bond acceptors (Lipinski definition) is 0. The van der Waals surface area contributed by atoms with Gasteiger partial charge in [-0.3, -0.25) is 0 Å². The monoisotopic (exact) mass is 224 g/mol. The van der Waals surface area contributed by atoms with Crippen LogP contribution in [0.25, 0.3) is 0 Å². The molecule has 0 aliphatic heterocycles. The molecular formula is C16H32. The molecule has 0 rings (SSSR count). The smallest absolute Gasteiger partial charge is 0.0262 e. The Bertz CT molecular complexity index is 167. The molecule has 0 aromatic rings. The van der Waals surface area contributed by atoms with E-state index in [1.54, 1.807) is 0 Å². The molecule has 0 radical (unpaired) electrons. The number of hydrogen-bond donors (Lipinski definition) is 0. The van der Waals surface area contributed by atoms with Crippen LogP contribution in [-0.2, 0) is 0 Å². The lowest BCUT2D eigenvalue weighted by molar-refractivity contribution is 0.423. The van der Waals surface area contributed by atoms with Gasteiger partial charge in [-0.1, -0.05) is 72.5 Å². The van der Waals surface area contributed by atoms with Gasteiger partial charge in [0.15, 0.2) is 0 Å². The molecule has 2 unspecified atom stereocenters. The molecule has 2 atom stereocenters. The van der Waals surface area contributed by atoms with E-state index in [9.17, 15) is 0 Å². The minimum absolute atomic E-state index is 0.774. The van der Waals surface area contributed by atoms with Gasteiger partial charge in [0.1, 0.15) is 0 Å². The summed E-state index contributed by atoms with van der Waals surface area (Å²) in [7, 11) is 0. The van der Waals surface area contributed by atoms with E-state index in [1.165, 1.54) is 38.5 Å². The van der Waals surface area contributed by atoms with Crippen molar-refractivity contribution in [2.24, 2.45) is 17.8 Å². The van der Waals surface area contributed by atoms with E-state index in [4.69, 9.17) is 0 Å². The maximum atomic E-state index is 2.42. The van der Waals surface area contributed by atoms with E-state index in [0.717, 1.165) is 17.8 Å². The van der Waals surface area contributed by atoms with Crippen molar-refractivity contribution in [1.82, 2.24) is 0 Å². The summed E-state index contributed by atoms with van der Waals surface area (Å²) in [4.78, 5) is 0. The molecule has 0 amide bonds. The largest absolute Gasteiger partial charge is 0.0880 e. The lowest BCUT2D eigenvalue weighted by atomic mass is 9.93. The molecule has 16 heavy (non-hydrogen) atoms. The van der Waals surface area contributed by atoms with Crippen LogP contribution in [0.2, 0.25) is 0 Å². The maximum absolute atomic E-state index is 2.42. The molecule has 0 aliphatic carbocycles. The molecule has 0 nitrogen and oxygen atoms in total. The van der Waals surface area contributed by atoms with Crippen molar-refractivity contribution in [1.29, 1.82) is 0 Å². The Balaban J connectivity index is 3.54. The fourth-order valence-electron chi connectivity index (χ4n) is 1.79. The van der Waals surface area contributed by atoms with Gasteiger partial charge >= 0.3 is 0 Å². The van der Waals surface area contributed by atoms with Gasteiger partial charge in [-0.2, -0.15) is 0 Å². The third-order valence-corrected chi connectivity index (χ3v) is 3.62. The Morgan fingerprint density at radius 3 is 2.19 bits per heavy atom. The molecule has 0 fully saturated rings. The third-order valence-electron chi connectivity index (χ3n) is 3.62. The summed E-state index contributed by atoms with van der Waals surface area (Å²) < 4.78 is 0. The fraction of sp³-hybridized carbons (Fsp3) is 0.875. The van der Waals surface area contributed by atoms with Crippen LogP contribution >= 0.6 is 0 Å². The summed E-state index contributed by atoms with van der Waals surface area (Å²) in [5.74, 6) is 2.41. The van der Waals surface area contributed by atoms with Gasteiger partial charge in [-0.15, -0.1) is 0 Å². The first-order chi connectivity index (χ1) is 7.57. The molecule has 0 aromatic carbocycles. The van der Waals surface area contributed by atoms with Crippen LogP contribution < -0.4 is 0 Å². The minimum atomic E-state index is 0.774. The average molecular weight is 224 g/mol. The summed E-state index contributed by atoms with van der Waals surface area (Å²) in [5, 5.41) is 0. The molecule has 0 saturated heterocycles. The Labute approximate surface area is 104 Å². The van der Waals surface area contributed by atoms with E-state index in [2.05, 4.69) is 46.8 Å². The lowest BCUT2D eigenvalue weighted by Gasteiger charge is -2.13. The standard InChI is InChI=1S/C16H32/c1-6-7-8-9-11-15(4)12-10-13-16(5)14(2)3/h10,12,14-16H,6-9,11,13H2,1-5H3. The van der Waals surface area contributed by atoms with Crippen LogP contribution in [0.4, 0.5) is 0 Å². The summed E-state index contributed by atoms with van der Waals surface area (Å²) in [6, 6.07) is 0. The quantitative estimate of drug-likeness (QED) is 0.341. The van der Waals surface area contributed by atoms with Gasteiger partial charge < -0.3 is 0 Å². The van der Waals surface area contributed by atoms with E-state index in [1.807, 2.05) is 0 Å². The zero-order valence-electron chi connectivity index (χ0n) is 12.1. The second kappa shape index (κ2) is 9.93. The first-order valence-corrected chi connectivity index (χ1v) is 7.24. The summed E-state index contributed by atoms with van der Waals surface area (Å²) in [5.41, 5.74) is 0. The topological polar surface area (TPSA) is 0 Å². The molecule has 0 bridgehead atoms. The summed E-state index contributed by atoms with van der Waals surface area (Å²) >= 11 is 0. The van der Waals surface area contributed by atoms with Crippen LogP contribution in [0, 0.1) is 17.8 Å². The van der Waals surface area contributed by atoms with E-state index in [0.29, 0.717) is 0 Å². The highest BCUT2D eigenvalue weighted by atomic mass is 14.1. The Morgan fingerprint density at radius 2 is 1.62 bits per heavy atom. The predicted octanol–water partition coefficient (Wildman–Crippen LogP) is 5.83. The molecule has 0 aromatic heterocycles. The third kappa shape index (κ3) is 9.00. The Morgan fingerprint density at radius 1 is 0.938 bits per heavy atom. The van der Waals surface area contributed by atoms with Gasteiger partial charge in [0.05, 0.1) is 0 Å². The molecule has 0 aliphatic rings. The second-order valence-electron chi connectivity index (χ2n) is 5.71. The van der Waals surface area contributed by atoms with Gasteiger partial charge in [-0.05, 0) is 30.6 Å².